The second-order valence-corrected chi connectivity index (χ2v) is 4.01. The Morgan fingerprint density at radius 2 is 1.84 bits per heavy atom. The van der Waals surface area contributed by atoms with Crippen LogP contribution >= 0.6 is 0 Å². The van der Waals surface area contributed by atoms with E-state index in [2.05, 4.69) is 30.4 Å². The van der Waals surface area contributed by atoms with Crippen molar-refractivity contribution < 1.29 is 0 Å². The number of allylic oxidation sites excluding steroid dienone is 1. The molecule has 0 saturated heterocycles. The molecule has 94 valence electrons. The zero-order chi connectivity index (χ0) is 13.1. The van der Waals surface area contributed by atoms with E-state index in [1.54, 1.807) is 18.3 Å². The molecular formula is C12H11N7. The highest BCUT2D eigenvalue weighted by Crippen LogP contribution is 2.08. The van der Waals surface area contributed by atoms with E-state index in [0.29, 0.717) is 29.6 Å². The first-order valence-corrected chi connectivity index (χ1v) is 5.80. The number of aliphatic imine (C=N–C) groups is 1. The van der Waals surface area contributed by atoms with Crippen LogP contribution in [0.1, 0.15) is 5.82 Å². The number of nitrogens with zero attached hydrogens (tertiary/aromatic N) is 6. The van der Waals surface area contributed by atoms with Gasteiger partial charge in [0.15, 0.2) is 0 Å². The second kappa shape index (κ2) is 4.99. The van der Waals surface area contributed by atoms with Gasteiger partial charge in [-0.15, -0.1) is 20.4 Å². The Balaban J connectivity index is 1.86. The highest BCUT2D eigenvalue weighted by atomic mass is 15.3. The zero-order valence-electron chi connectivity index (χ0n) is 10.0. The number of pyridine rings is 1. The summed E-state index contributed by atoms with van der Waals surface area (Å²) in [5.74, 6) is 0.782. The summed E-state index contributed by atoms with van der Waals surface area (Å²) >= 11 is 0. The molecule has 7 heteroatoms. The lowest BCUT2D eigenvalue weighted by molar-refractivity contribution is 0.804. The van der Waals surface area contributed by atoms with Crippen molar-refractivity contribution in [1.29, 1.82) is 0 Å². The van der Waals surface area contributed by atoms with Gasteiger partial charge in [-0.3, -0.25) is 9.98 Å². The van der Waals surface area contributed by atoms with Gasteiger partial charge in [-0.2, -0.15) is 0 Å². The van der Waals surface area contributed by atoms with Crippen molar-refractivity contribution in [3.8, 4) is 11.5 Å². The van der Waals surface area contributed by atoms with E-state index in [9.17, 15) is 0 Å². The van der Waals surface area contributed by atoms with E-state index < -0.39 is 0 Å². The SMILES string of the molecule is NC1C=CC(c2nnc(-c3ccccn3)nn2)=NC1. The predicted molar refractivity (Wildman–Crippen MR) is 69.4 cm³/mol. The maximum Gasteiger partial charge on any atom is 0.221 e. The molecule has 19 heavy (non-hydrogen) atoms. The summed E-state index contributed by atoms with van der Waals surface area (Å²) in [7, 11) is 0. The molecule has 0 bridgehead atoms. The number of aromatic nitrogens is 5. The van der Waals surface area contributed by atoms with Crippen LogP contribution in [0.2, 0.25) is 0 Å². The first kappa shape index (κ1) is 11.5. The molecule has 0 saturated carbocycles. The minimum absolute atomic E-state index is 0.0440. The van der Waals surface area contributed by atoms with Crippen molar-refractivity contribution >= 4 is 5.71 Å². The summed E-state index contributed by atoms with van der Waals surface area (Å²) in [4.78, 5) is 8.40. The van der Waals surface area contributed by atoms with Crippen LogP contribution in [0.3, 0.4) is 0 Å². The number of dihydropyridines is 1. The van der Waals surface area contributed by atoms with Crippen LogP contribution < -0.4 is 5.73 Å². The Hall–Kier alpha value is -2.54. The van der Waals surface area contributed by atoms with Gasteiger partial charge in [0.1, 0.15) is 11.4 Å². The number of rotatable bonds is 2. The first-order chi connectivity index (χ1) is 9.33. The predicted octanol–water partition coefficient (Wildman–Crippen LogP) is 0.0148. The fraction of sp³-hybridized carbons (Fsp3) is 0.167. The minimum Gasteiger partial charge on any atom is -0.323 e. The Bertz CT molecular complexity index is 618. The smallest absolute Gasteiger partial charge is 0.221 e. The number of nitrogens with two attached hydrogens (primary N) is 1. The molecule has 0 aliphatic carbocycles. The van der Waals surface area contributed by atoms with Gasteiger partial charge in [0.05, 0.1) is 6.54 Å². The van der Waals surface area contributed by atoms with Crippen LogP contribution in [-0.2, 0) is 0 Å². The Morgan fingerprint density at radius 1 is 1.05 bits per heavy atom. The molecule has 2 aromatic heterocycles. The Kier molecular flexibility index (Phi) is 3.03. The molecule has 3 rings (SSSR count). The van der Waals surface area contributed by atoms with E-state index in [-0.39, 0.29) is 6.04 Å². The van der Waals surface area contributed by atoms with Crippen LogP contribution in [0.4, 0.5) is 0 Å². The van der Waals surface area contributed by atoms with E-state index in [0.717, 1.165) is 0 Å². The fourth-order valence-electron chi connectivity index (χ4n) is 1.61. The third kappa shape index (κ3) is 2.50. The number of hydrogen-bond donors (Lipinski definition) is 1. The average molecular weight is 253 g/mol. The van der Waals surface area contributed by atoms with E-state index in [1.807, 2.05) is 18.2 Å². The van der Waals surface area contributed by atoms with Gasteiger partial charge in [-0.05, 0) is 18.2 Å². The molecule has 0 spiro atoms. The third-order valence-electron chi connectivity index (χ3n) is 2.58. The summed E-state index contributed by atoms with van der Waals surface area (Å²) in [5, 5.41) is 16.1. The molecule has 0 radical (unpaired) electrons. The van der Waals surface area contributed by atoms with E-state index >= 15 is 0 Å². The lowest BCUT2D eigenvalue weighted by Gasteiger charge is -2.09. The van der Waals surface area contributed by atoms with Gasteiger partial charge in [-0.25, -0.2) is 0 Å². The maximum atomic E-state index is 5.70. The van der Waals surface area contributed by atoms with E-state index in [1.165, 1.54) is 0 Å². The topological polar surface area (TPSA) is 103 Å². The molecule has 1 aliphatic rings. The normalized spacial score (nSPS) is 18.2. The van der Waals surface area contributed by atoms with Crippen molar-refractivity contribution in [1.82, 2.24) is 25.4 Å². The third-order valence-corrected chi connectivity index (χ3v) is 2.58. The standard InChI is InChI=1S/C12H11N7/c13-8-4-5-10(15-7-8)12-18-16-11(17-19-12)9-3-1-2-6-14-9/h1-6,8H,7,13H2. The summed E-state index contributed by atoms with van der Waals surface area (Å²) in [6, 6.07) is 5.44. The molecule has 2 N–H and O–H groups in total. The molecule has 0 amide bonds. The monoisotopic (exact) mass is 253 g/mol. The van der Waals surface area contributed by atoms with Crippen LogP contribution in [0.5, 0.6) is 0 Å². The van der Waals surface area contributed by atoms with Crippen LogP contribution in [0, 0.1) is 0 Å². The van der Waals surface area contributed by atoms with Crippen molar-refractivity contribution in [2.24, 2.45) is 10.7 Å². The van der Waals surface area contributed by atoms with E-state index in [4.69, 9.17) is 5.73 Å². The summed E-state index contributed by atoms with van der Waals surface area (Å²) < 4.78 is 0. The molecule has 1 unspecified atom stereocenters. The first-order valence-electron chi connectivity index (χ1n) is 5.80. The highest BCUT2D eigenvalue weighted by molar-refractivity contribution is 6.06. The van der Waals surface area contributed by atoms with Crippen LogP contribution in [0.25, 0.3) is 11.5 Å². The molecule has 7 nitrogen and oxygen atoms in total. The molecule has 0 fully saturated rings. The molecule has 3 heterocycles. The molecule has 2 aromatic rings. The summed E-state index contributed by atoms with van der Waals surface area (Å²) in [6.07, 6.45) is 5.31. The number of hydrogen-bond acceptors (Lipinski definition) is 7. The average Bonchev–Trinajstić information content (AvgIpc) is 2.49. The van der Waals surface area contributed by atoms with Gasteiger partial charge in [0.25, 0.3) is 0 Å². The largest absolute Gasteiger partial charge is 0.323 e. The maximum absolute atomic E-state index is 5.70. The lowest BCUT2D eigenvalue weighted by Crippen LogP contribution is -2.25. The quantitative estimate of drug-likeness (QED) is 0.809. The second-order valence-electron chi connectivity index (χ2n) is 4.01. The summed E-state index contributed by atoms with van der Waals surface area (Å²) in [6.45, 7) is 0.525. The van der Waals surface area contributed by atoms with Crippen molar-refractivity contribution in [3.05, 3.63) is 42.4 Å². The van der Waals surface area contributed by atoms with Gasteiger partial charge >= 0.3 is 0 Å². The zero-order valence-corrected chi connectivity index (χ0v) is 10.0. The minimum atomic E-state index is -0.0440. The summed E-state index contributed by atoms with van der Waals surface area (Å²) in [5.41, 5.74) is 6.98. The van der Waals surface area contributed by atoms with Gasteiger partial charge in [-0.1, -0.05) is 12.1 Å². The Labute approximate surface area is 109 Å². The van der Waals surface area contributed by atoms with Crippen molar-refractivity contribution in [3.63, 3.8) is 0 Å². The van der Waals surface area contributed by atoms with Crippen LogP contribution in [0.15, 0.2) is 41.5 Å². The Morgan fingerprint density at radius 3 is 2.47 bits per heavy atom. The van der Waals surface area contributed by atoms with Crippen molar-refractivity contribution in [2.45, 2.75) is 6.04 Å². The van der Waals surface area contributed by atoms with Gasteiger partial charge in [0, 0.05) is 12.2 Å². The van der Waals surface area contributed by atoms with Crippen molar-refractivity contribution in [2.75, 3.05) is 6.54 Å². The van der Waals surface area contributed by atoms with Crippen LogP contribution in [-0.4, -0.2) is 43.7 Å². The lowest BCUT2D eigenvalue weighted by atomic mass is 10.2. The molecule has 1 aliphatic heterocycles. The van der Waals surface area contributed by atoms with Gasteiger partial charge in [0.2, 0.25) is 11.6 Å². The highest BCUT2D eigenvalue weighted by Gasteiger charge is 2.12. The fourth-order valence-corrected chi connectivity index (χ4v) is 1.61. The molecule has 0 aromatic carbocycles. The molecule has 1 atom stereocenters. The molecular weight excluding hydrogens is 242 g/mol. The van der Waals surface area contributed by atoms with Gasteiger partial charge < -0.3 is 5.73 Å².